The largest absolute Gasteiger partial charge is 0.442 e. The Morgan fingerprint density at radius 2 is 1.73 bits per heavy atom. The maximum absolute atomic E-state index is 12.4. The van der Waals surface area contributed by atoms with Crippen molar-refractivity contribution in [3.63, 3.8) is 0 Å². The molecule has 0 saturated carbocycles. The van der Waals surface area contributed by atoms with Gasteiger partial charge in [-0.15, -0.1) is 22.7 Å². The van der Waals surface area contributed by atoms with Gasteiger partial charge in [0.15, 0.2) is 0 Å². The minimum absolute atomic E-state index is 0.228. The number of cyclic esters (lactones) is 1. The first-order chi connectivity index (χ1) is 16.0. The first-order valence-electron chi connectivity index (χ1n) is 10.2. The van der Waals surface area contributed by atoms with E-state index in [2.05, 4.69) is 15.2 Å². The van der Waals surface area contributed by atoms with Crippen LogP contribution in [0.3, 0.4) is 0 Å². The van der Waals surface area contributed by atoms with E-state index < -0.39 is 12.2 Å². The van der Waals surface area contributed by atoms with Gasteiger partial charge < -0.3 is 15.0 Å². The van der Waals surface area contributed by atoms with Gasteiger partial charge in [-0.25, -0.2) is 4.79 Å². The Balaban J connectivity index is 1.22. The fourth-order valence-electron chi connectivity index (χ4n) is 3.73. The molecule has 11 heteroatoms. The highest BCUT2D eigenvalue weighted by atomic mass is 35.5. The molecule has 1 N–H and O–H groups in total. The summed E-state index contributed by atoms with van der Waals surface area (Å²) in [4.78, 5) is 34.5. The molecule has 3 aromatic rings. The zero-order valence-electron chi connectivity index (χ0n) is 17.2. The van der Waals surface area contributed by atoms with Crippen molar-refractivity contribution in [3.8, 4) is 0 Å². The fraction of sp³-hybridized carbons (Fsp3) is 0.227. The van der Waals surface area contributed by atoms with Crippen molar-refractivity contribution in [2.24, 2.45) is 4.99 Å². The second-order valence-corrected chi connectivity index (χ2v) is 10.8. The van der Waals surface area contributed by atoms with Crippen LogP contribution in [0.1, 0.15) is 14.5 Å². The molecule has 2 amide bonds. The van der Waals surface area contributed by atoms with E-state index in [-0.39, 0.29) is 12.5 Å². The van der Waals surface area contributed by atoms with Crippen molar-refractivity contribution in [3.05, 3.63) is 67.0 Å². The Bertz CT molecular complexity index is 1220. The molecule has 1 fully saturated rings. The number of rotatable bonds is 6. The minimum atomic E-state index is -0.433. The fourth-order valence-corrected chi connectivity index (χ4v) is 5.75. The van der Waals surface area contributed by atoms with Gasteiger partial charge >= 0.3 is 6.09 Å². The summed E-state index contributed by atoms with van der Waals surface area (Å²) < 4.78 is 6.71. The summed E-state index contributed by atoms with van der Waals surface area (Å²) in [5.41, 5.74) is 1.73. The SMILES string of the molecule is O=C(NC[C@H]1CN(c2ccc(N3CCN=C3c3ccc(Cl)s3)cc2)C(=O)O1)c1ccc(Cl)s1. The van der Waals surface area contributed by atoms with E-state index in [1.165, 1.54) is 22.7 Å². The third-order valence-corrected chi connectivity index (χ3v) is 7.73. The Morgan fingerprint density at radius 3 is 2.39 bits per heavy atom. The molecule has 0 aliphatic carbocycles. The maximum atomic E-state index is 12.4. The molecule has 0 bridgehead atoms. The number of amidine groups is 1. The lowest BCUT2D eigenvalue weighted by Crippen LogP contribution is -2.34. The van der Waals surface area contributed by atoms with Crippen LogP contribution < -0.4 is 15.1 Å². The number of aliphatic imine (C=N–C) groups is 1. The lowest BCUT2D eigenvalue weighted by molar-refractivity contribution is 0.0920. The molecule has 5 rings (SSSR count). The summed E-state index contributed by atoms with van der Waals surface area (Å²) >= 11 is 14.7. The number of nitrogens with one attached hydrogen (secondary N) is 1. The number of anilines is 2. The number of nitrogens with zero attached hydrogens (tertiary/aromatic N) is 3. The molecule has 33 heavy (non-hydrogen) atoms. The Labute approximate surface area is 208 Å². The third kappa shape index (κ3) is 4.72. The number of thiophene rings is 2. The number of hydrogen-bond donors (Lipinski definition) is 1. The predicted molar refractivity (Wildman–Crippen MR) is 134 cm³/mol. The summed E-state index contributed by atoms with van der Waals surface area (Å²) in [6.07, 6.45) is -0.865. The molecule has 2 aliphatic heterocycles. The average Bonchev–Trinajstić information content (AvgIpc) is 3.59. The topological polar surface area (TPSA) is 74.2 Å². The van der Waals surface area contributed by atoms with Crippen LogP contribution in [0.2, 0.25) is 8.67 Å². The van der Waals surface area contributed by atoms with Crippen molar-refractivity contribution < 1.29 is 14.3 Å². The van der Waals surface area contributed by atoms with Crippen LogP contribution in [0, 0.1) is 0 Å². The maximum Gasteiger partial charge on any atom is 0.414 e. The van der Waals surface area contributed by atoms with Crippen molar-refractivity contribution >= 4 is 75.1 Å². The van der Waals surface area contributed by atoms with Gasteiger partial charge in [-0.05, 0) is 48.5 Å². The van der Waals surface area contributed by atoms with Gasteiger partial charge in [-0.1, -0.05) is 23.2 Å². The molecule has 0 unspecified atom stereocenters. The van der Waals surface area contributed by atoms with E-state index in [0.29, 0.717) is 15.8 Å². The first-order valence-corrected chi connectivity index (χ1v) is 12.6. The highest BCUT2D eigenvalue weighted by Gasteiger charge is 2.33. The number of hydrogen-bond acceptors (Lipinski definition) is 7. The molecule has 2 aliphatic rings. The molecule has 0 spiro atoms. The van der Waals surface area contributed by atoms with Crippen molar-refractivity contribution in [2.75, 3.05) is 36.0 Å². The van der Waals surface area contributed by atoms with E-state index in [1.54, 1.807) is 17.0 Å². The van der Waals surface area contributed by atoms with Crippen LogP contribution in [0.5, 0.6) is 0 Å². The van der Waals surface area contributed by atoms with Gasteiger partial charge in [-0.3, -0.25) is 14.7 Å². The molecule has 7 nitrogen and oxygen atoms in total. The standard InChI is InChI=1S/C22H18Cl2N4O3S2/c23-18-7-5-16(32-18)20-25-9-10-27(20)13-1-3-14(4-2-13)28-12-15(31-22(28)30)11-26-21(29)17-6-8-19(24)33-17/h1-8,15H,9-12H2,(H,26,29)/t15-/m0/s1. The Hall–Kier alpha value is -2.59. The van der Waals surface area contributed by atoms with Crippen molar-refractivity contribution in [1.29, 1.82) is 0 Å². The van der Waals surface area contributed by atoms with E-state index >= 15 is 0 Å². The van der Waals surface area contributed by atoms with E-state index in [0.717, 1.165) is 39.5 Å². The smallest absolute Gasteiger partial charge is 0.414 e. The van der Waals surface area contributed by atoms with Crippen LogP contribution in [0.4, 0.5) is 16.2 Å². The minimum Gasteiger partial charge on any atom is -0.442 e. The third-order valence-electron chi connectivity index (χ3n) is 5.27. The number of carbonyl (C=O) groups is 2. The molecule has 2 aromatic heterocycles. The van der Waals surface area contributed by atoms with Gasteiger partial charge in [-0.2, -0.15) is 0 Å². The average molecular weight is 521 g/mol. The van der Waals surface area contributed by atoms with Crippen LogP contribution in [-0.4, -0.2) is 50.1 Å². The lowest BCUT2D eigenvalue weighted by Gasteiger charge is -2.21. The number of carbonyl (C=O) groups excluding carboxylic acids is 2. The second kappa shape index (κ2) is 9.34. The van der Waals surface area contributed by atoms with Crippen molar-refractivity contribution in [1.82, 2.24) is 5.32 Å². The molecule has 1 atom stereocenters. The highest BCUT2D eigenvalue weighted by Crippen LogP contribution is 2.30. The first kappa shape index (κ1) is 22.2. The molecular weight excluding hydrogens is 503 g/mol. The zero-order valence-corrected chi connectivity index (χ0v) is 20.3. The number of halogens is 2. The summed E-state index contributed by atoms with van der Waals surface area (Å²) in [5.74, 6) is 0.670. The van der Waals surface area contributed by atoms with Gasteiger partial charge in [0.2, 0.25) is 0 Å². The number of amides is 2. The number of ether oxygens (including phenoxy) is 1. The van der Waals surface area contributed by atoms with E-state index in [1.807, 2.05) is 36.4 Å². The highest BCUT2D eigenvalue weighted by molar-refractivity contribution is 7.18. The molecule has 0 radical (unpaired) electrons. The molecular formula is C22H18Cl2N4O3S2. The Morgan fingerprint density at radius 1 is 1.03 bits per heavy atom. The molecule has 1 saturated heterocycles. The van der Waals surface area contributed by atoms with E-state index in [9.17, 15) is 9.59 Å². The predicted octanol–water partition coefficient (Wildman–Crippen LogP) is 5.14. The van der Waals surface area contributed by atoms with Gasteiger partial charge in [0.05, 0.1) is 38.1 Å². The van der Waals surface area contributed by atoms with Crippen LogP contribution in [0.15, 0.2) is 53.5 Å². The second-order valence-electron chi connectivity index (χ2n) is 7.41. The summed E-state index contributed by atoms with van der Waals surface area (Å²) in [7, 11) is 0. The molecule has 1 aromatic carbocycles. The normalized spacial score (nSPS) is 17.9. The summed E-state index contributed by atoms with van der Waals surface area (Å²) in [6.45, 7) is 2.09. The monoisotopic (exact) mass is 520 g/mol. The molecule has 170 valence electrons. The zero-order chi connectivity index (χ0) is 22.9. The summed E-state index contributed by atoms with van der Waals surface area (Å²) in [5, 5.41) is 2.80. The van der Waals surface area contributed by atoms with Crippen molar-refractivity contribution in [2.45, 2.75) is 6.10 Å². The van der Waals surface area contributed by atoms with Gasteiger partial charge in [0, 0.05) is 17.9 Å². The summed E-state index contributed by atoms with van der Waals surface area (Å²) in [6, 6.07) is 14.9. The van der Waals surface area contributed by atoms with Crippen LogP contribution in [0.25, 0.3) is 0 Å². The number of benzene rings is 1. The van der Waals surface area contributed by atoms with Gasteiger partial charge in [0.25, 0.3) is 5.91 Å². The lowest BCUT2D eigenvalue weighted by atomic mass is 10.2. The molecule has 4 heterocycles. The Kier molecular flexibility index (Phi) is 6.29. The van der Waals surface area contributed by atoms with Gasteiger partial charge in [0.1, 0.15) is 11.9 Å². The van der Waals surface area contributed by atoms with Crippen LogP contribution >= 0.6 is 45.9 Å². The van der Waals surface area contributed by atoms with Crippen LogP contribution in [-0.2, 0) is 4.74 Å². The quantitative estimate of drug-likeness (QED) is 0.488. The van der Waals surface area contributed by atoms with E-state index in [4.69, 9.17) is 27.9 Å².